The van der Waals surface area contributed by atoms with Gasteiger partial charge in [-0.25, -0.2) is 0 Å². The van der Waals surface area contributed by atoms with Crippen molar-refractivity contribution in [2.45, 2.75) is 19.8 Å². The molecule has 0 radical (unpaired) electrons. The number of esters is 1. The molecule has 0 amide bonds. The maximum atomic E-state index is 11.7. The summed E-state index contributed by atoms with van der Waals surface area (Å²) in [5, 5.41) is 1.95. The molecule has 0 N–H and O–H groups in total. The molecule has 0 aromatic carbocycles. The van der Waals surface area contributed by atoms with E-state index in [1.165, 1.54) is 6.92 Å². The Balaban J connectivity index is 2.28. The molecule has 3 nitrogen and oxygen atoms in total. The van der Waals surface area contributed by atoms with Crippen molar-refractivity contribution < 1.29 is 14.3 Å². The van der Waals surface area contributed by atoms with Crippen LogP contribution in [0, 0.1) is 5.41 Å². The van der Waals surface area contributed by atoms with Gasteiger partial charge < -0.3 is 4.74 Å². The van der Waals surface area contributed by atoms with E-state index in [-0.39, 0.29) is 11.8 Å². The van der Waals surface area contributed by atoms with Crippen LogP contribution in [0.3, 0.4) is 0 Å². The summed E-state index contributed by atoms with van der Waals surface area (Å²) in [5.41, 5.74) is -0.940. The zero-order valence-electron chi connectivity index (χ0n) is 8.79. The normalized spacial score (nSPS) is 24.5. The highest BCUT2D eigenvalue weighted by molar-refractivity contribution is 9.10. The van der Waals surface area contributed by atoms with Crippen LogP contribution >= 0.6 is 27.3 Å². The molecule has 1 aromatic heterocycles. The Bertz CT molecular complexity index is 440. The summed E-state index contributed by atoms with van der Waals surface area (Å²) in [6.07, 6.45) is 0.952. The summed E-state index contributed by atoms with van der Waals surface area (Å²) in [7, 11) is 0. The van der Waals surface area contributed by atoms with Crippen LogP contribution in [0.5, 0.6) is 0 Å². The summed E-state index contributed by atoms with van der Waals surface area (Å²) < 4.78 is 5.93. The van der Waals surface area contributed by atoms with Gasteiger partial charge >= 0.3 is 5.97 Å². The SMILES string of the molecule is CC(=O)C1(Cc2cc(Br)cs2)CCOC1=O. The number of carbonyl (C=O) groups is 2. The Hall–Kier alpha value is -0.680. The van der Waals surface area contributed by atoms with Crippen LogP contribution in [0.25, 0.3) is 0 Å². The molecule has 1 fully saturated rings. The van der Waals surface area contributed by atoms with Crippen LogP contribution in [-0.4, -0.2) is 18.4 Å². The van der Waals surface area contributed by atoms with Crippen molar-refractivity contribution in [1.29, 1.82) is 0 Å². The van der Waals surface area contributed by atoms with E-state index < -0.39 is 5.41 Å². The Morgan fingerprint density at radius 1 is 1.69 bits per heavy atom. The maximum absolute atomic E-state index is 11.7. The Kier molecular flexibility index (Phi) is 3.17. The van der Waals surface area contributed by atoms with E-state index >= 15 is 0 Å². The second-order valence-corrected chi connectivity index (χ2v) is 5.84. The average molecular weight is 303 g/mol. The van der Waals surface area contributed by atoms with Gasteiger partial charge in [-0.1, -0.05) is 0 Å². The van der Waals surface area contributed by atoms with Crippen molar-refractivity contribution >= 4 is 39.0 Å². The second kappa shape index (κ2) is 4.30. The monoisotopic (exact) mass is 302 g/mol. The summed E-state index contributed by atoms with van der Waals surface area (Å²) >= 11 is 4.91. The zero-order chi connectivity index (χ0) is 11.8. The molecule has 16 heavy (non-hydrogen) atoms. The fraction of sp³-hybridized carbons (Fsp3) is 0.455. The number of hydrogen-bond donors (Lipinski definition) is 0. The molecule has 1 aliphatic heterocycles. The van der Waals surface area contributed by atoms with Gasteiger partial charge in [0.05, 0.1) is 6.61 Å². The summed E-state index contributed by atoms with van der Waals surface area (Å²) in [4.78, 5) is 24.4. The number of rotatable bonds is 3. The van der Waals surface area contributed by atoms with Crippen molar-refractivity contribution in [2.75, 3.05) is 6.61 Å². The van der Waals surface area contributed by atoms with Gasteiger partial charge in [-0.2, -0.15) is 0 Å². The molecule has 1 atom stereocenters. The van der Waals surface area contributed by atoms with Crippen LogP contribution < -0.4 is 0 Å². The predicted molar refractivity (Wildman–Crippen MR) is 64.4 cm³/mol. The van der Waals surface area contributed by atoms with E-state index in [1.54, 1.807) is 11.3 Å². The number of carbonyl (C=O) groups excluding carboxylic acids is 2. The van der Waals surface area contributed by atoms with E-state index in [2.05, 4.69) is 15.9 Å². The first-order chi connectivity index (χ1) is 7.54. The highest BCUT2D eigenvalue weighted by Crippen LogP contribution is 2.37. The highest BCUT2D eigenvalue weighted by Gasteiger charge is 2.48. The molecule has 2 heterocycles. The number of cyclic esters (lactones) is 1. The minimum absolute atomic E-state index is 0.0977. The standard InChI is InChI=1S/C11H11BrO3S/c1-7(13)11(2-3-15-10(11)14)5-9-4-8(12)6-16-9/h4,6H,2-3,5H2,1H3. The molecule has 1 aliphatic rings. The van der Waals surface area contributed by atoms with Gasteiger partial charge in [0, 0.05) is 27.6 Å². The molecule has 1 unspecified atom stereocenters. The van der Waals surface area contributed by atoms with E-state index in [9.17, 15) is 9.59 Å². The van der Waals surface area contributed by atoms with Crippen molar-refractivity contribution in [3.8, 4) is 0 Å². The number of Topliss-reactive ketones (excluding diaryl/α,β-unsaturated/α-hetero) is 1. The summed E-state index contributed by atoms with van der Waals surface area (Å²) in [6.45, 7) is 1.82. The van der Waals surface area contributed by atoms with Crippen LogP contribution in [-0.2, 0) is 20.7 Å². The third kappa shape index (κ3) is 1.94. The number of ether oxygens (including phenoxy) is 1. The van der Waals surface area contributed by atoms with Gasteiger partial charge in [0.25, 0.3) is 0 Å². The fourth-order valence-electron chi connectivity index (χ4n) is 1.91. The molecule has 86 valence electrons. The largest absolute Gasteiger partial charge is 0.465 e. The van der Waals surface area contributed by atoms with Gasteiger partial charge in [-0.3, -0.25) is 9.59 Å². The lowest BCUT2D eigenvalue weighted by molar-refractivity contribution is -0.150. The minimum Gasteiger partial charge on any atom is -0.465 e. The number of hydrogen-bond acceptors (Lipinski definition) is 4. The Morgan fingerprint density at radius 2 is 2.44 bits per heavy atom. The molecule has 0 saturated carbocycles. The van der Waals surface area contributed by atoms with Gasteiger partial charge in [-0.05, 0) is 28.9 Å². The minimum atomic E-state index is -0.940. The number of ketones is 1. The molecular formula is C11H11BrO3S. The molecule has 1 aromatic rings. The van der Waals surface area contributed by atoms with E-state index in [4.69, 9.17) is 4.74 Å². The average Bonchev–Trinajstić information content (AvgIpc) is 2.76. The predicted octanol–water partition coefficient (Wildman–Crippen LogP) is 2.58. The first kappa shape index (κ1) is 11.8. The number of halogens is 1. The van der Waals surface area contributed by atoms with Gasteiger partial charge in [0.1, 0.15) is 11.2 Å². The van der Waals surface area contributed by atoms with Crippen molar-refractivity contribution in [1.82, 2.24) is 0 Å². The number of thiophene rings is 1. The van der Waals surface area contributed by atoms with E-state index in [0.29, 0.717) is 19.4 Å². The smallest absolute Gasteiger partial charge is 0.320 e. The quantitative estimate of drug-likeness (QED) is 0.637. The second-order valence-electron chi connectivity index (χ2n) is 3.93. The lowest BCUT2D eigenvalue weighted by Crippen LogP contribution is -2.36. The van der Waals surface area contributed by atoms with Gasteiger partial charge in [0.15, 0.2) is 0 Å². The molecular weight excluding hydrogens is 292 g/mol. The third-order valence-corrected chi connectivity index (χ3v) is 4.62. The molecule has 2 rings (SSSR count). The zero-order valence-corrected chi connectivity index (χ0v) is 11.2. The molecule has 0 bridgehead atoms. The van der Waals surface area contributed by atoms with Crippen LogP contribution in [0.2, 0.25) is 0 Å². The van der Waals surface area contributed by atoms with Gasteiger partial charge in [-0.15, -0.1) is 11.3 Å². The summed E-state index contributed by atoms with van der Waals surface area (Å²) in [5.74, 6) is -0.468. The Morgan fingerprint density at radius 3 is 2.88 bits per heavy atom. The summed E-state index contributed by atoms with van der Waals surface area (Å²) in [6, 6.07) is 1.95. The topological polar surface area (TPSA) is 43.4 Å². The van der Waals surface area contributed by atoms with E-state index in [1.807, 2.05) is 11.4 Å². The Labute approximate surface area is 106 Å². The lowest BCUT2D eigenvalue weighted by atomic mass is 9.79. The lowest BCUT2D eigenvalue weighted by Gasteiger charge is -2.20. The molecule has 5 heteroatoms. The third-order valence-electron chi connectivity index (χ3n) is 2.92. The fourth-order valence-corrected chi connectivity index (χ4v) is 3.47. The molecule has 0 spiro atoms. The van der Waals surface area contributed by atoms with Crippen LogP contribution in [0.1, 0.15) is 18.2 Å². The van der Waals surface area contributed by atoms with Crippen molar-refractivity contribution in [3.05, 3.63) is 20.8 Å². The van der Waals surface area contributed by atoms with E-state index in [0.717, 1.165) is 9.35 Å². The van der Waals surface area contributed by atoms with Crippen molar-refractivity contribution in [3.63, 3.8) is 0 Å². The maximum Gasteiger partial charge on any atom is 0.320 e. The highest BCUT2D eigenvalue weighted by atomic mass is 79.9. The first-order valence-electron chi connectivity index (χ1n) is 4.96. The van der Waals surface area contributed by atoms with Crippen molar-refractivity contribution in [2.24, 2.45) is 5.41 Å². The first-order valence-corrected chi connectivity index (χ1v) is 6.63. The van der Waals surface area contributed by atoms with Crippen LogP contribution in [0.15, 0.2) is 15.9 Å². The molecule has 1 saturated heterocycles. The van der Waals surface area contributed by atoms with Gasteiger partial charge in [0.2, 0.25) is 0 Å². The molecule has 0 aliphatic carbocycles. The van der Waals surface area contributed by atoms with Crippen LogP contribution in [0.4, 0.5) is 0 Å².